The summed E-state index contributed by atoms with van der Waals surface area (Å²) in [5.74, 6) is 1.12. The number of hydrogen-bond acceptors (Lipinski definition) is 6. The van der Waals surface area contributed by atoms with E-state index in [1.165, 1.54) is 0 Å². The molecule has 0 aromatic heterocycles. The van der Waals surface area contributed by atoms with Gasteiger partial charge >= 0.3 is 5.97 Å². The molecule has 1 heterocycles. The van der Waals surface area contributed by atoms with Crippen molar-refractivity contribution in [2.24, 2.45) is 5.10 Å². The Morgan fingerprint density at radius 1 is 0.906 bits per heavy atom. The Kier molecular flexibility index (Phi) is 5.98. The molecule has 4 rings (SSSR count). The Morgan fingerprint density at radius 2 is 1.59 bits per heavy atom. The quantitative estimate of drug-likeness (QED) is 0.580. The summed E-state index contributed by atoms with van der Waals surface area (Å²) in [6.07, 6.45) is 0.669. The number of carbonyl (C=O) groups is 1. The monoisotopic (exact) mass is 432 g/mol. The highest BCUT2D eigenvalue weighted by atomic mass is 16.5. The Bertz CT molecular complexity index is 1140. The second kappa shape index (κ2) is 9.01. The highest BCUT2D eigenvalue weighted by Gasteiger charge is 2.30. The maximum atomic E-state index is 11.3. The third kappa shape index (κ3) is 4.09. The lowest BCUT2D eigenvalue weighted by molar-refractivity contribution is 0.0697. The van der Waals surface area contributed by atoms with Gasteiger partial charge in [0.1, 0.15) is 5.75 Å². The Balaban J connectivity index is 1.73. The molecule has 1 atom stereocenters. The maximum absolute atomic E-state index is 11.3. The first-order valence-electron chi connectivity index (χ1n) is 10.1. The zero-order valence-corrected chi connectivity index (χ0v) is 18.1. The van der Waals surface area contributed by atoms with E-state index in [2.05, 4.69) is 0 Å². The van der Waals surface area contributed by atoms with Crippen LogP contribution in [0, 0.1) is 0 Å². The number of methoxy groups -OCH3 is 3. The standard InChI is InChI=1S/C25H24N2O5/c1-30-20-11-6-16(7-12-20)22-15-21(18-8-13-23(31-2)24(14-18)32-3)26-27(22)19-9-4-17(5-10-19)25(28)29/h4-14,22H,15H2,1-3H3,(H,28,29). The second-order valence-corrected chi connectivity index (χ2v) is 7.31. The Hall–Kier alpha value is -4.00. The third-order valence-electron chi connectivity index (χ3n) is 5.51. The molecule has 0 saturated heterocycles. The lowest BCUT2D eigenvalue weighted by Gasteiger charge is -2.24. The van der Waals surface area contributed by atoms with Gasteiger partial charge in [-0.2, -0.15) is 5.10 Å². The number of carboxylic acids is 1. The van der Waals surface area contributed by atoms with Crippen molar-refractivity contribution in [3.05, 3.63) is 83.4 Å². The van der Waals surface area contributed by atoms with E-state index in [0.29, 0.717) is 17.9 Å². The number of ether oxygens (including phenoxy) is 3. The molecule has 0 radical (unpaired) electrons. The largest absolute Gasteiger partial charge is 0.497 e. The molecule has 0 saturated carbocycles. The third-order valence-corrected chi connectivity index (χ3v) is 5.51. The average molecular weight is 432 g/mol. The molecule has 3 aromatic carbocycles. The lowest BCUT2D eigenvalue weighted by Crippen LogP contribution is -2.18. The number of carboxylic acid groups (broad SMARTS) is 1. The first-order valence-corrected chi connectivity index (χ1v) is 10.1. The average Bonchev–Trinajstić information content (AvgIpc) is 3.29. The van der Waals surface area contributed by atoms with E-state index in [1.54, 1.807) is 45.6 Å². The van der Waals surface area contributed by atoms with Crippen LogP contribution in [0.15, 0.2) is 71.8 Å². The first-order chi connectivity index (χ1) is 15.5. The summed E-state index contributed by atoms with van der Waals surface area (Å²) in [6.45, 7) is 0. The van der Waals surface area contributed by atoms with Crippen molar-refractivity contribution in [3.63, 3.8) is 0 Å². The molecule has 7 nitrogen and oxygen atoms in total. The van der Waals surface area contributed by atoms with E-state index >= 15 is 0 Å². The van der Waals surface area contributed by atoms with Crippen molar-refractivity contribution < 1.29 is 24.1 Å². The SMILES string of the molecule is COc1ccc(C2CC(c3ccc(OC)c(OC)c3)=NN2c2ccc(C(=O)O)cc2)cc1. The fourth-order valence-corrected chi connectivity index (χ4v) is 3.78. The minimum Gasteiger partial charge on any atom is -0.497 e. The molecule has 164 valence electrons. The summed E-state index contributed by atoms with van der Waals surface area (Å²) in [5.41, 5.74) is 3.96. The Labute approximate surface area is 186 Å². The lowest BCUT2D eigenvalue weighted by atomic mass is 9.97. The topological polar surface area (TPSA) is 80.6 Å². The van der Waals surface area contributed by atoms with Gasteiger partial charge in [0, 0.05) is 12.0 Å². The zero-order chi connectivity index (χ0) is 22.7. The van der Waals surface area contributed by atoms with Gasteiger partial charge in [-0.05, 0) is 60.2 Å². The van der Waals surface area contributed by atoms with Crippen molar-refractivity contribution in [1.29, 1.82) is 0 Å². The van der Waals surface area contributed by atoms with Gasteiger partial charge in [-0.3, -0.25) is 5.01 Å². The summed E-state index contributed by atoms with van der Waals surface area (Å²) in [4.78, 5) is 11.3. The number of anilines is 1. The van der Waals surface area contributed by atoms with Crippen LogP contribution in [0.1, 0.15) is 33.9 Å². The molecule has 0 fully saturated rings. The van der Waals surface area contributed by atoms with Gasteiger partial charge in [0.15, 0.2) is 11.5 Å². The molecular formula is C25H24N2O5. The van der Waals surface area contributed by atoms with Crippen LogP contribution in [-0.2, 0) is 0 Å². The van der Waals surface area contributed by atoms with E-state index in [-0.39, 0.29) is 11.6 Å². The molecule has 1 unspecified atom stereocenters. The van der Waals surface area contributed by atoms with E-state index in [4.69, 9.17) is 19.3 Å². The number of aromatic carboxylic acids is 1. The van der Waals surface area contributed by atoms with Gasteiger partial charge in [0.2, 0.25) is 0 Å². The minimum atomic E-state index is -0.959. The molecule has 1 aliphatic heterocycles. The summed E-state index contributed by atoms with van der Waals surface area (Å²) in [6, 6.07) is 20.3. The molecule has 7 heteroatoms. The maximum Gasteiger partial charge on any atom is 0.335 e. The highest BCUT2D eigenvalue weighted by Crippen LogP contribution is 2.38. The fraction of sp³-hybridized carbons (Fsp3) is 0.200. The van der Waals surface area contributed by atoms with Gasteiger partial charge in [0.05, 0.1) is 44.3 Å². The highest BCUT2D eigenvalue weighted by molar-refractivity contribution is 6.03. The molecule has 1 aliphatic rings. The number of hydrogen-bond donors (Lipinski definition) is 1. The van der Waals surface area contributed by atoms with Crippen LogP contribution < -0.4 is 19.2 Å². The number of nitrogens with zero attached hydrogens (tertiary/aromatic N) is 2. The number of benzene rings is 3. The van der Waals surface area contributed by atoms with Crippen LogP contribution in [-0.4, -0.2) is 38.1 Å². The molecule has 1 N–H and O–H groups in total. The van der Waals surface area contributed by atoms with Crippen LogP contribution >= 0.6 is 0 Å². The van der Waals surface area contributed by atoms with Crippen LogP contribution in [0.25, 0.3) is 0 Å². The Morgan fingerprint density at radius 3 is 2.19 bits per heavy atom. The van der Waals surface area contributed by atoms with Gasteiger partial charge in [0.25, 0.3) is 0 Å². The molecule has 32 heavy (non-hydrogen) atoms. The van der Waals surface area contributed by atoms with Crippen molar-refractivity contribution in [1.82, 2.24) is 0 Å². The van der Waals surface area contributed by atoms with Gasteiger partial charge in [-0.25, -0.2) is 4.79 Å². The van der Waals surface area contributed by atoms with E-state index in [9.17, 15) is 9.90 Å². The van der Waals surface area contributed by atoms with Gasteiger partial charge < -0.3 is 19.3 Å². The smallest absolute Gasteiger partial charge is 0.335 e. The molecule has 0 spiro atoms. The second-order valence-electron chi connectivity index (χ2n) is 7.31. The summed E-state index contributed by atoms with van der Waals surface area (Å²) >= 11 is 0. The molecule has 0 amide bonds. The minimum absolute atomic E-state index is 0.0559. The molecule has 0 aliphatic carbocycles. The van der Waals surface area contributed by atoms with E-state index < -0.39 is 5.97 Å². The van der Waals surface area contributed by atoms with Crippen molar-refractivity contribution in [2.75, 3.05) is 26.3 Å². The van der Waals surface area contributed by atoms with Crippen molar-refractivity contribution in [3.8, 4) is 17.2 Å². The zero-order valence-electron chi connectivity index (χ0n) is 18.1. The summed E-state index contributed by atoms with van der Waals surface area (Å²) in [5, 5.41) is 16.1. The molecule has 3 aromatic rings. The number of rotatable bonds is 7. The summed E-state index contributed by atoms with van der Waals surface area (Å²) < 4.78 is 16.1. The van der Waals surface area contributed by atoms with Gasteiger partial charge in [-0.1, -0.05) is 12.1 Å². The molecule has 0 bridgehead atoms. The number of hydrazone groups is 1. The predicted octanol–water partition coefficient (Wildman–Crippen LogP) is 4.77. The van der Waals surface area contributed by atoms with E-state index in [1.807, 2.05) is 47.5 Å². The van der Waals surface area contributed by atoms with Crippen molar-refractivity contribution in [2.45, 2.75) is 12.5 Å². The van der Waals surface area contributed by atoms with Crippen molar-refractivity contribution >= 4 is 17.4 Å². The summed E-state index contributed by atoms with van der Waals surface area (Å²) in [7, 11) is 4.85. The van der Waals surface area contributed by atoms with Crippen LogP contribution in [0.4, 0.5) is 5.69 Å². The van der Waals surface area contributed by atoms with Crippen LogP contribution in [0.3, 0.4) is 0 Å². The van der Waals surface area contributed by atoms with Gasteiger partial charge in [-0.15, -0.1) is 0 Å². The van der Waals surface area contributed by atoms with Crippen LogP contribution in [0.2, 0.25) is 0 Å². The first kappa shape index (κ1) is 21.2. The molecular weight excluding hydrogens is 408 g/mol. The fourth-order valence-electron chi connectivity index (χ4n) is 3.78. The normalized spacial score (nSPS) is 15.3. The van der Waals surface area contributed by atoms with E-state index in [0.717, 1.165) is 28.3 Å². The predicted molar refractivity (Wildman–Crippen MR) is 122 cm³/mol. The van der Waals surface area contributed by atoms with Crippen LogP contribution in [0.5, 0.6) is 17.2 Å².